The Labute approximate surface area is 223 Å². The minimum absolute atomic E-state index is 0.150. The summed E-state index contributed by atoms with van der Waals surface area (Å²) in [6.07, 6.45) is 8.31. The predicted molar refractivity (Wildman–Crippen MR) is 147 cm³/mol. The van der Waals surface area contributed by atoms with Crippen LogP contribution in [0.4, 0.5) is 0 Å². The SMILES string of the molecule is CCCCc1ncc2n1C(c1ccc(-c3ccccc3-c3nn[nH]n3)cc1)CCC2=CC(=O)OC(C)(C)C. The average molecular weight is 511 g/mol. The highest BCUT2D eigenvalue weighted by molar-refractivity contribution is 5.91. The summed E-state index contributed by atoms with van der Waals surface area (Å²) in [6, 6.07) is 16.9. The Bertz CT molecular complexity index is 1430. The van der Waals surface area contributed by atoms with E-state index in [9.17, 15) is 4.79 Å². The van der Waals surface area contributed by atoms with E-state index < -0.39 is 5.60 Å². The number of aryl methyl sites for hydroxylation is 1. The number of benzene rings is 2. The number of nitrogens with zero attached hydrogens (tertiary/aromatic N) is 5. The minimum Gasteiger partial charge on any atom is -0.457 e. The molecule has 1 aliphatic heterocycles. The van der Waals surface area contributed by atoms with E-state index in [1.807, 2.05) is 45.2 Å². The van der Waals surface area contributed by atoms with Crippen molar-refractivity contribution >= 4 is 11.5 Å². The Morgan fingerprint density at radius 2 is 1.89 bits per heavy atom. The van der Waals surface area contributed by atoms with Gasteiger partial charge in [0.1, 0.15) is 11.4 Å². The smallest absolute Gasteiger partial charge is 0.331 e. The number of unbranched alkanes of at least 4 members (excludes halogenated alkanes) is 1. The van der Waals surface area contributed by atoms with E-state index in [1.54, 1.807) is 6.08 Å². The molecule has 0 spiro atoms. The van der Waals surface area contributed by atoms with Crippen molar-refractivity contribution in [2.45, 2.75) is 71.4 Å². The van der Waals surface area contributed by atoms with Crippen LogP contribution < -0.4 is 0 Å². The van der Waals surface area contributed by atoms with Gasteiger partial charge in [0.15, 0.2) is 0 Å². The Balaban J connectivity index is 1.48. The Kier molecular flexibility index (Phi) is 7.22. The molecule has 0 fully saturated rings. The van der Waals surface area contributed by atoms with Gasteiger partial charge in [0.2, 0.25) is 5.82 Å². The number of tetrazole rings is 1. The fraction of sp³-hybridized carbons (Fsp3) is 0.367. The van der Waals surface area contributed by atoms with E-state index in [4.69, 9.17) is 9.72 Å². The number of allylic oxidation sites excluding steroid dienone is 1. The zero-order valence-corrected chi connectivity index (χ0v) is 22.4. The summed E-state index contributed by atoms with van der Waals surface area (Å²) < 4.78 is 7.90. The molecule has 2 aromatic carbocycles. The summed E-state index contributed by atoms with van der Waals surface area (Å²) in [5.74, 6) is 1.33. The third kappa shape index (κ3) is 5.44. The standard InChI is InChI=1S/C30H34N6O2/c1-5-6-11-27-31-19-26-22(18-28(37)38-30(2,3)4)16-17-25(36(26)27)21-14-12-20(13-15-21)23-9-7-8-10-24(23)29-32-34-35-33-29/h7-10,12-15,18-19,25H,5-6,11,16-17H2,1-4H3,(H,32,33,34,35). The topological polar surface area (TPSA) is 98.6 Å². The number of hydrogen-bond acceptors (Lipinski definition) is 6. The third-order valence-electron chi connectivity index (χ3n) is 6.77. The maximum atomic E-state index is 12.6. The Morgan fingerprint density at radius 3 is 2.58 bits per heavy atom. The van der Waals surface area contributed by atoms with Crippen LogP contribution in [0.3, 0.4) is 0 Å². The molecular weight excluding hydrogens is 476 g/mol. The predicted octanol–water partition coefficient (Wildman–Crippen LogP) is 6.18. The van der Waals surface area contributed by atoms with E-state index in [1.165, 1.54) is 5.56 Å². The van der Waals surface area contributed by atoms with E-state index in [2.05, 4.69) is 62.4 Å². The molecule has 5 rings (SSSR count). The first-order valence-electron chi connectivity index (χ1n) is 13.3. The van der Waals surface area contributed by atoms with Crippen molar-refractivity contribution in [3.63, 3.8) is 0 Å². The lowest BCUT2D eigenvalue weighted by Crippen LogP contribution is -2.24. The molecule has 196 valence electrons. The summed E-state index contributed by atoms with van der Waals surface area (Å²) in [7, 11) is 0. The van der Waals surface area contributed by atoms with Crippen molar-refractivity contribution in [2.75, 3.05) is 0 Å². The van der Waals surface area contributed by atoms with Gasteiger partial charge in [-0.05, 0) is 67.5 Å². The van der Waals surface area contributed by atoms with Crippen LogP contribution in [0.1, 0.15) is 76.5 Å². The second-order valence-corrected chi connectivity index (χ2v) is 10.7. The van der Waals surface area contributed by atoms with Crippen LogP contribution in [-0.2, 0) is 16.0 Å². The van der Waals surface area contributed by atoms with Crippen molar-refractivity contribution in [1.29, 1.82) is 0 Å². The van der Waals surface area contributed by atoms with Crippen LogP contribution in [0, 0.1) is 0 Å². The lowest BCUT2D eigenvalue weighted by molar-refractivity contribution is -0.148. The molecular formula is C30H34N6O2. The lowest BCUT2D eigenvalue weighted by atomic mass is 9.91. The second kappa shape index (κ2) is 10.7. The molecule has 0 amide bonds. The molecule has 8 nitrogen and oxygen atoms in total. The molecule has 0 saturated heterocycles. The van der Waals surface area contributed by atoms with Crippen molar-refractivity contribution in [3.05, 3.63) is 77.9 Å². The molecule has 1 unspecified atom stereocenters. The molecule has 3 heterocycles. The monoisotopic (exact) mass is 510 g/mol. The molecule has 38 heavy (non-hydrogen) atoms. The number of aromatic amines is 1. The molecule has 2 aromatic heterocycles. The third-order valence-corrected chi connectivity index (χ3v) is 6.77. The van der Waals surface area contributed by atoms with Gasteiger partial charge in [0.05, 0.1) is 17.9 Å². The van der Waals surface area contributed by atoms with Gasteiger partial charge in [0.25, 0.3) is 0 Å². The van der Waals surface area contributed by atoms with Crippen LogP contribution >= 0.6 is 0 Å². The molecule has 4 aromatic rings. The molecule has 0 saturated carbocycles. The maximum absolute atomic E-state index is 12.6. The number of imidazole rings is 1. The van der Waals surface area contributed by atoms with Gasteiger partial charge in [0, 0.05) is 18.1 Å². The zero-order chi connectivity index (χ0) is 26.7. The lowest BCUT2D eigenvalue weighted by Gasteiger charge is -2.30. The molecule has 0 bridgehead atoms. The summed E-state index contributed by atoms with van der Waals surface area (Å²) in [5, 5.41) is 14.6. The zero-order valence-electron chi connectivity index (χ0n) is 22.4. The normalized spacial score (nSPS) is 16.4. The summed E-state index contributed by atoms with van der Waals surface area (Å²) >= 11 is 0. The van der Waals surface area contributed by atoms with Gasteiger partial charge in [-0.1, -0.05) is 61.9 Å². The van der Waals surface area contributed by atoms with Gasteiger partial charge in [-0.25, -0.2) is 9.78 Å². The fourth-order valence-electron chi connectivity index (χ4n) is 5.08. The van der Waals surface area contributed by atoms with Crippen molar-refractivity contribution in [2.24, 2.45) is 0 Å². The molecule has 0 radical (unpaired) electrons. The first-order chi connectivity index (χ1) is 18.3. The van der Waals surface area contributed by atoms with E-state index in [0.29, 0.717) is 5.82 Å². The Morgan fingerprint density at radius 1 is 1.13 bits per heavy atom. The Hall–Kier alpha value is -4.07. The number of H-pyrrole nitrogens is 1. The van der Waals surface area contributed by atoms with Gasteiger partial charge >= 0.3 is 5.97 Å². The van der Waals surface area contributed by atoms with Gasteiger partial charge in [-0.3, -0.25) is 0 Å². The summed E-state index contributed by atoms with van der Waals surface area (Å²) in [6.45, 7) is 7.85. The quantitative estimate of drug-likeness (QED) is 0.235. The first-order valence-corrected chi connectivity index (χ1v) is 13.3. The number of ether oxygens (including phenoxy) is 1. The number of carbonyl (C=O) groups excluding carboxylic acids is 1. The molecule has 8 heteroatoms. The minimum atomic E-state index is -0.526. The van der Waals surface area contributed by atoms with Gasteiger partial charge in [-0.2, -0.15) is 5.21 Å². The number of esters is 1. The number of nitrogens with one attached hydrogen (secondary N) is 1. The van der Waals surface area contributed by atoms with Crippen molar-refractivity contribution < 1.29 is 9.53 Å². The van der Waals surface area contributed by atoms with Crippen LogP contribution in [0.2, 0.25) is 0 Å². The van der Waals surface area contributed by atoms with Crippen LogP contribution in [0.15, 0.2) is 60.8 Å². The summed E-state index contributed by atoms with van der Waals surface area (Å²) in [5.41, 5.74) is 5.76. The molecule has 1 N–H and O–H groups in total. The van der Waals surface area contributed by atoms with Gasteiger partial charge < -0.3 is 9.30 Å². The highest BCUT2D eigenvalue weighted by atomic mass is 16.6. The number of aromatic nitrogens is 6. The highest BCUT2D eigenvalue weighted by Crippen LogP contribution is 2.39. The maximum Gasteiger partial charge on any atom is 0.331 e. The van der Waals surface area contributed by atoms with E-state index >= 15 is 0 Å². The number of fused-ring (bicyclic) bond motifs is 1. The molecule has 1 atom stereocenters. The number of rotatable bonds is 7. The van der Waals surface area contributed by atoms with Crippen LogP contribution in [-0.4, -0.2) is 41.7 Å². The first kappa shape index (κ1) is 25.6. The van der Waals surface area contributed by atoms with Crippen molar-refractivity contribution in [1.82, 2.24) is 30.2 Å². The highest BCUT2D eigenvalue weighted by Gasteiger charge is 2.28. The van der Waals surface area contributed by atoms with E-state index in [0.717, 1.165) is 65.9 Å². The van der Waals surface area contributed by atoms with Crippen LogP contribution in [0.5, 0.6) is 0 Å². The molecule has 1 aliphatic rings. The number of hydrogen-bond donors (Lipinski definition) is 1. The average Bonchev–Trinajstić information content (AvgIpc) is 3.58. The van der Waals surface area contributed by atoms with Crippen LogP contribution in [0.25, 0.3) is 28.1 Å². The van der Waals surface area contributed by atoms with E-state index in [-0.39, 0.29) is 12.0 Å². The molecule has 0 aliphatic carbocycles. The second-order valence-electron chi connectivity index (χ2n) is 10.7. The largest absolute Gasteiger partial charge is 0.457 e. The summed E-state index contributed by atoms with van der Waals surface area (Å²) in [4.78, 5) is 17.4. The van der Waals surface area contributed by atoms with Gasteiger partial charge in [-0.15, -0.1) is 10.2 Å². The van der Waals surface area contributed by atoms with Crippen molar-refractivity contribution in [3.8, 4) is 22.5 Å². The number of carbonyl (C=O) groups is 1. The fourth-order valence-corrected chi connectivity index (χ4v) is 5.08.